The number of hydrogen-bond donors (Lipinski definition) is 1. The maximum Gasteiger partial charge on any atom is 0.336 e. The van der Waals surface area contributed by atoms with E-state index in [-0.39, 0.29) is 11.3 Å². The van der Waals surface area contributed by atoms with Gasteiger partial charge in [-0.2, -0.15) is 0 Å². The molecular weight excluding hydrogens is 309 g/mol. The van der Waals surface area contributed by atoms with Crippen molar-refractivity contribution in [3.63, 3.8) is 0 Å². The largest absolute Gasteiger partial charge is 0.494 e. The number of pyridine rings is 1. The number of halogens is 1. The van der Waals surface area contributed by atoms with Gasteiger partial charge in [-0.25, -0.2) is 14.2 Å². The smallest absolute Gasteiger partial charge is 0.336 e. The molecule has 122 valence electrons. The molecule has 0 fully saturated rings. The predicted molar refractivity (Wildman–Crippen MR) is 90.1 cm³/mol. The fourth-order valence-corrected chi connectivity index (χ4v) is 2.78. The molecule has 5 heteroatoms. The second-order valence-corrected chi connectivity index (χ2v) is 5.63. The normalized spacial score (nSPS) is 10.8. The molecule has 4 nitrogen and oxygen atoms in total. The Balaban J connectivity index is 2.32. The van der Waals surface area contributed by atoms with Crippen LogP contribution in [0, 0.1) is 19.7 Å². The number of carboxylic acid groups (broad SMARTS) is 1. The summed E-state index contributed by atoms with van der Waals surface area (Å²) in [5, 5.41) is 10.2. The Labute approximate surface area is 138 Å². The van der Waals surface area contributed by atoms with Crippen molar-refractivity contribution in [3.05, 3.63) is 58.9 Å². The van der Waals surface area contributed by atoms with Crippen molar-refractivity contribution in [3.8, 4) is 17.0 Å². The number of methoxy groups -OCH3 is 1. The van der Waals surface area contributed by atoms with Gasteiger partial charge in [0.2, 0.25) is 0 Å². The maximum absolute atomic E-state index is 14.0. The number of carbonyl (C=O) groups is 1. The zero-order valence-electron chi connectivity index (χ0n) is 13.6. The van der Waals surface area contributed by atoms with E-state index in [4.69, 9.17) is 4.74 Å². The first-order valence-electron chi connectivity index (χ1n) is 7.40. The Hall–Kier alpha value is -2.95. The van der Waals surface area contributed by atoms with Gasteiger partial charge in [-0.3, -0.25) is 0 Å². The summed E-state index contributed by atoms with van der Waals surface area (Å²) in [4.78, 5) is 16.3. The fraction of sp³-hybridized carbons (Fsp3) is 0.158. The lowest BCUT2D eigenvalue weighted by atomic mass is 9.98. The molecule has 3 rings (SSSR count). The summed E-state index contributed by atoms with van der Waals surface area (Å²) >= 11 is 0. The number of aromatic carboxylic acids is 1. The molecule has 2 aromatic carbocycles. The van der Waals surface area contributed by atoms with Gasteiger partial charge in [-0.1, -0.05) is 12.1 Å². The third kappa shape index (κ3) is 2.58. The molecular formula is C19H16FNO3. The molecule has 1 aromatic heterocycles. The van der Waals surface area contributed by atoms with Gasteiger partial charge in [0.05, 0.1) is 23.9 Å². The Morgan fingerprint density at radius 3 is 2.46 bits per heavy atom. The first-order chi connectivity index (χ1) is 11.4. The third-order valence-corrected chi connectivity index (χ3v) is 4.05. The summed E-state index contributed by atoms with van der Waals surface area (Å²) in [6, 6.07) is 9.71. The molecule has 1 heterocycles. The lowest BCUT2D eigenvalue weighted by Gasteiger charge is -2.12. The summed E-state index contributed by atoms with van der Waals surface area (Å²) < 4.78 is 18.9. The lowest BCUT2D eigenvalue weighted by Crippen LogP contribution is -2.03. The van der Waals surface area contributed by atoms with E-state index in [2.05, 4.69) is 4.98 Å². The summed E-state index contributed by atoms with van der Waals surface area (Å²) in [7, 11) is 1.39. The Bertz CT molecular complexity index is 966. The maximum atomic E-state index is 14.0. The van der Waals surface area contributed by atoms with Crippen LogP contribution in [0.15, 0.2) is 36.4 Å². The van der Waals surface area contributed by atoms with Gasteiger partial charge in [-0.05, 0) is 49.2 Å². The van der Waals surface area contributed by atoms with Crippen molar-refractivity contribution in [2.45, 2.75) is 13.8 Å². The highest BCUT2D eigenvalue weighted by Crippen LogP contribution is 2.30. The zero-order valence-corrected chi connectivity index (χ0v) is 13.6. The van der Waals surface area contributed by atoms with Gasteiger partial charge in [0.15, 0.2) is 11.6 Å². The van der Waals surface area contributed by atoms with Crippen LogP contribution in [0.2, 0.25) is 0 Å². The van der Waals surface area contributed by atoms with E-state index >= 15 is 0 Å². The van der Waals surface area contributed by atoms with Crippen LogP contribution in [-0.4, -0.2) is 23.2 Å². The summed E-state index contributed by atoms with van der Waals surface area (Å²) in [6.45, 7) is 3.72. The molecule has 0 aliphatic carbocycles. The Kier molecular flexibility index (Phi) is 3.93. The lowest BCUT2D eigenvalue weighted by molar-refractivity contribution is 0.0699. The first-order valence-corrected chi connectivity index (χ1v) is 7.40. The zero-order chi connectivity index (χ0) is 17.4. The van der Waals surface area contributed by atoms with Crippen molar-refractivity contribution < 1.29 is 19.0 Å². The number of aryl methyl sites for hydroxylation is 2. The predicted octanol–water partition coefficient (Wildman–Crippen LogP) is 4.36. The number of rotatable bonds is 3. The van der Waals surface area contributed by atoms with E-state index in [0.717, 1.165) is 11.1 Å². The van der Waals surface area contributed by atoms with E-state index in [0.29, 0.717) is 22.2 Å². The molecule has 0 saturated heterocycles. The minimum Gasteiger partial charge on any atom is -0.494 e. The van der Waals surface area contributed by atoms with Crippen LogP contribution < -0.4 is 4.74 Å². The number of nitrogens with zero attached hydrogens (tertiary/aromatic N) is 1. The number of ether oxygens (including phenoxy) is 1. The van der Waals surface area contributed by atoms with E-state index in [1.165, 1.54) is 25.3 Å². The highest BCUT2D eigenvalue weighted by atomic mass is 19.1. The highest BCUT2D eigenvalue weighted by molar-refractivity contribution is 6.05. The standard InChI is InChI=1S/C19H16FNO3/c1-10-4-5-11(2)18-17(10)13(19(22)23)9-15(21-18)12-6-7-16(24-3)14(20)8-12/h4-9H,1-3H3,(H,22,23). The van der Waals surface area contributed by atoms with Crippen LogP contribution in [0.4, 0.5) is 4.39 Å². The highest BCUT2D eigenvalue weighted by Gasteiger charge is 2.17. The number of benzene rings is 2. The fourth-order valence-electron chi connectivity index (χ4n) is 2.78. The first kappa shape index (κ1) is 15.9. The molecule has 3 aromatic rings. The van der Waals surface area contributed by atoms with Gasteiger partial charge >= 0.3 is 5.97 Å². The number of aromatic nitrogens is 1. The number of hydrogen-bond acceptors (Lipinski definition) is 3. The van der Waals surface area contributed by atoms with Crippen molar-refractivity contribution in [2.24, 2.45) is 0 Å². The Morgan fingerprint density at radius 2 is 1.83 bits per heavy atom. The van der Waals surface area contributed by atoms with Gasteiger partial charge in [0.25, 0.3) is 0 Å². The molecule has 24 heavy (non-hydrogen) atoms. The second-order valence-electron chi connectivity index (χ2n) is 5.63. The number of carboxylic acids is 1. The van der Waals surface area contributed by atoms with Crippen LogP contribution in [0.5, 0.6) is 5.75 Å². The number of fused-ring (bicyclic) bond motifs is 1. The molecule has 0 unspecified atom stereocenters. The monoisotopic (exact) mass is 325 g/mol. The summed E-state index contributed by atoms with van der Waals surface area (Å²) in [5.74, 6) is -1.42. The van der Waals surface area contributed by atoms with Gasteiger partial charge in [0.1, 0.15) is 0 Å². The summed E-state index contributed by atoms with van der Waals surface area (Å²) in [6.07, 6.45) is 0. The van der Waals surface area contributed by atoms with Gasteiger partial charge in [0, 0.05) is 10.9 Å². The SMILES string of the molecule is COc1ccc(-c2cc(C(=O)O)c3c(C)ccc(C)c3n2)cc1F. The van der Waals surface area contributed by atoms with Gasteiger partial charge < -0.3 is 9.84 Å². The summed E-state index contributed by atoms with van der Waals surface area (Å²) in [5.41, 5.74) is 3.39. The molecule has 0 bridgehead atoms. The minimum absolute atomic E-state index is 0.130. The van der Waals surface area contributed by atoms with Crippen LogP contribution in [-0.2, 0) is 0 Å². The van der Waals surface area contributed by atoms with E-state index in [1.807, 2.05) is 26.0 Å². The molecule has 0 aliphatic heterocycles. The van der Waals surface area contributed by atoms with Crippen LogP contribution >= 0.6 is 0 Å². The average molecular weight is 325 g/mol. The molecule has 0 spiro atoms. The van der Waals surface area contributed by atoms with Crippen molar-refractivity contribution in [1.82, 2.24) is 4.98 Å². The minimum atomic E-state index is -1.04. The molecule has 0 atom stereocenters. The molecule has 0 amide bonds. The van der Waals surface area contributed by atoms with E-state index < -0.39 is 11.8 Å². The van der Waals surface area contributed by atoms with E-state index in [9.17, 15) is 14.3 Å². The second kappa shape index (κ2) is 5.92. The molecule has 0 aliphatic rings. The van der Waals surface area contributed by atoms with Gasteiger partial charge in [-0.15, -0.1) is 0 Å². The molecule has 0 radical (unpaired) electrons. The van der Waals surface area contributed by atoms with Crippen molar-refractivity contribution in [2.75, 3.05) is 7.11 Å². The quantitative estimate of drug-likeness (QED) is 0.777. The Morgan fingerprint density at radius 1 is 1.12 bits per heavy atom. The van der Waals surface area contributed by atoms with E-state index in [1.54, 1.807) is 6.07 Å². The van der Waals surface area contributed by atoms with Crippen molar-refractivity contribution in [1.29, 1.82) is 0 Å². The third-order valence-electron chi connectivity index (χ3n) is 4.05. The average Bonchev–Trinajstić information content (AvgIpc) is 2.57. The van der Waals surface area contributed by atoms with Crippen LogP contribution in [0.3, 0.4) is 0 Å². The van der Waals surface area contributed by atoms with Crippen LogP contribution in [0.1, 0.15) is 21.5 Å². The molecule has 0 saturated carbocycles. The topological polar surface area (TPSA) is 59.4 Å². The van der Waals surface area contributed by atoms with Crippen molar-refractivity contribution >= 4 is 16.9 Å². The molecule has 1 N–H and O–H groups in total. The van der Waals surface area contributed by atoms with Crippen LogP contribution in [0.25, 0.3) is 22.2 Å².